The second-order valence-corrected chi connectivity index (χ2v) is 1.05. The van der Waals surface area contributed by atoms with Gasteiger partial charge in [-0.15, -0.1) is 0 Å². The van der Waals surface area contributed by atoms with Crippen molar-refractivity contribution in [3.8, 4) is 0 Å². The molecule has 5 heavy (non-hydrogen) atoms. The molecule has 0 aromatic carbocycles. The molecule has 0 fully saturated rings. The van der Waals surface area contributed by atoms with E-state index in [-0.39, 0.29) is 0 Å². The predicted octanol–water partition coefficient (Wildman–Crippen LogP) is -0.0660. The van der Waals surface area contributed by atoms with Crippen molar-refractivity contribution in [3.63, 3.8) is 0 Å². The molecule has 0 aliphatic heterocycles. The van der Waals surface area contributed by atoms with Crippen molar-refractivity contribution in [2.75, 3.05) is 0 Å². The van der Waals surface area contributed by atoms with Gasteiger partial charge in [-0.1, -0.05) is 0 Å². The third kappa shape index (κ3) is 4.00. The van der Waals surface area contributed by atoms with E-state index < -0.39 is 0 Å². The Kier molecular flexibility index (Phi) is 2.25. The van der Waals surface area contributed by atoms with Crippen LogP contribution in [0.4, 0.5) is 0 Å². The first-order chi connectivity index (χ1) is 2.27. The molecule has 0 saturated carbocycles. The standard InChI is InChI=1S/C3H5B2/c1-3(5)2-4/h2H2,1H3. The molecule has 0 heterocycles. The molecule has 0 atom stereocenters. The van der Waals surface area contributed by atoms with Crippen molar-refractivity contribution >= 4 is 20.8 Å². The normalized spacial score (nSPS) is 7.20. The Morgan fingerprint density at radius 2 is 2.00 bits per heavy atom. The summed E-state index contributed by atoms with van der Waals surface area (Å²) in [6, 6.07) is 0. The molecule has 2 heteroatoms. The van der Waals surface area contributed by atoms with Crippen LogP contribution in [-0.2, 0) is 0 Å². The van der Waals surface area contributed by atoms with Crippen LogP contribution in [0.5, 0.6) is 0 Å². The molecule has 0 spiro atoms. The molecule has 0 N–H and O–H groups in total. The predicted molar refractivity (Wildman–Crippen MR) is 27.0 cm³/mol. The van der Waals surface area contributed by atoms with E-state index in [1.807, 2.05) is 0 Å². The molecular weight excluding hydrogens is 57.7 g/mol. The van der Waals surface area contributed by atoms with Gasteiger partial charge >= 0.3 is 34.0 Å². The van der Waals surface area contributed by atoms with Crippen LogP contribution < -0.4 is 0 Å². The van der Waals surface area contributed by atoms with Crippen molar-refractivity contribution in [1.82, 2.24) is 0 Å². The van der Waals surface area contributed by atoms with Gasteiger partial charge in [0, 0.05) is 0 Å². The Morgan fingerprint density at radius 1 is 1.80 bits per heavy atom. The van der Waals surface area contributed by atoms with Gasteiger partial charge in [0.05, 0.1) is 0 Å². The number of hydrogen-bond acceptors (Lipinski definition) is 0. The molecule has 23 valence electrons. The fraction of sp³-hybridized carbons (Fsp3) is 0.667. The van der Waals surface area contributed by atoms with Gasteiger partial charge in [0.1, 0.15) is 0 Å². The van der Waals surface area contributed by atoms with E-state index in [0.717, 1.165) is 5.46 Å². The Balaban J connectivity index is 2.85. The second kappa shape index (κ2) is 2.25. The summed E-state index contributed by atoms with van der Waals surface area (Å²) in [7, 11) is 10.1. The fourth-order valence-corrected chi connectivity index (χ4v) is 0. The SMILES string of the molecule is [B]CC(=[B])C. The average Bonchev–Trinajstić information content (AvgIpc) is 1.38. The molecule has 3 radical (unpaired) electrons. The first-order valence-electron chi connectivity index (χ1n) is 1.55. The summed E-state index contributed by atoms with van der Waals surface area (Å²) in [6.07, 6.45) is 0.500. The number of hydrogen-bond donors (Lipinski definition) is 0. The third-order valence-corrected chi connectivity index (χ3v) is 0.322. The van der Waals surface area contributed by atoms with Crippen LogP contribution >= 0.6 is 0 Å². The van der Waals surface area contributed by atoms with E-state index in [1.54, 1.807) is 6.92 Å². The molecule has 0 aliphatic carbocycles. The monoisotopic (exact) mass is 63.1 g/mol. The molecule has 0 bridgehead atoms. The quantitative estimate of drug-likeness (QED) is 0.373. The van der Waals surface area contributed by atoms with E-state index in [2.05, 4.69) is 0 Å². The van der Waals surface area contributed by atoms with Crippen LogP contribution in [0, 0.1) is 0 Å². The van der Waals surface area contributed by atoms with Crippen molar-refractivity contribution in [2.24, 2.45) is 0 Å². The Labute approximate surface area is 35.1 Å². The first-order valence-corrected chi connectivity index (χ1v) is 1.55. The van der Waals surface area contributed by atoms with Crippen LogP contribution in [0.1, 0.15) is 6.92 Å². The molecule has 0 rings (SSSR count). The summed E-state index contributed by atoms with van der Waals surface area (Å²) in [5, 5.41) is 0. The maximum absolute atomic E-state index is 5.08. The Bertz CT molecular complexity index is 40.2. The molecule has 0 saturated heterocycles. The van der Waals surface area contributed by atoms with Crippen LogP contribution in [0.2, 0.25) is 6.32 Å². The van der Waals surface area contributed by atoms with Gasteiger partial charge < -0.3 is 0 Å². The van der Waals surface area contributed by atoms with E-state index in [0.29, 0.717) is 6.32 Å². The van der Waals surface area contributed by atoms with E-state index in [1.165, 1.54) is 0 Å². The van der Waals surface area contributed by atoms with Crippen LogP contribution in [-0.4, -0.2) is 20.8 Å². The summed E-state index contributed by atoms with van der Waals surface area (Å²) in [5.74, 6) is 0. The van der Waals surface area contributed by atoms with Crippen molar-refractivity contribution in [3.05, 3.63) is 0 Å². The van der Waals surface area contributed by atoms with E-state index in [9.17, 15) is 0 Å². The zero-order valence-electron chi connectivity index (χ0n) is 3.36. The fourth-order valence-electron chi connectivity index (χ4n) is 0. The van der Waals surface area contributed by atoms with E-state index >= 15 is 0 Å². The third-order valence-electron chi connectivity index (χ3n) is 0.322. The first kappa shape index (κ1) is 5.00. The second-order valence-electron chi connectivity index (χ2n) is 1.05. The Hall–Kier alpha value is -0.000130. The van der Waals surface area contributed by atoms with Crippen LogP contribution in [0.15, 0.2) is 0 Å². The minimum atomic E-state index is 0.500. The molecule has 0 aromatic heterocycles. The van der Waals surface area contributed by atoms with Crippen LogP contribution in [0.3, 0.4) is 0 Å². The van der Waals surface area contributed by atoms with Gasteiger partial charge in [0.2, 0.25) is 0 Å². The van der Waals surface area contributed by atoms with Gasteiger partial charge in [0.15, 0.2) is 0 Å². The topological polar surface area (TPSA) is 0 Å². The van der Waals surface area contributed by atoms with Gasteiger partial charge in [-0.2, -0.15) is 0 Å². The Morgan fingerprint density at radius 3 is 2.00 bits per heavy atom. The zero-order chi connectivity index (χ0) is 4.28. The van der Waals surface area contributed by atoms with E-state index in [4.69, 9.17) is 15.3 Å². The van der Waals surface area contributed by atoms with Crippen molar-refractivity contribution in [1.29, 1.82) is 0 Å². The summed E-state index contributed by atoms with van der Waals surface area (Å²) >= 11 is 0. The van der Waals surface area contributed by atoms with Gasteiger partial charge in [-0.25, -0.2) is 0 Å². The molecule has 0 unspecified atom stereocenters. The number of rotatable bonds is 1. The maximum atomic E-state index is 5.08. The zero-order valence-corrected chi connectivity index (χ0v) is 3.36. The van der Waals surface area contributed by atoms with Gasteiger partial charge in [-0.05, 0) is 0 Å². The average molecular weight is 62.7 g/mol. The molecule has 0 aliphatic rings. The molecular formula is C3H5B2. The van der Waals surface area contributed by atoms with Crippen molar-refractivity contribution < 1.29 is 0 Å². The summed E-state index contributed by atoms with van der Waals surface area (Å²) in [4.78, 5) is 0. The summed E-state index contributed by atoms with van der Waals surface area (Å²) in [6.45, 7) is 1.79. The summed E-state index contributed by atoms with van der Waals surface area (Å²) < 4.78 is 0. The van der Waals surface area contributed by atoms with Crippen molar-refractivity contribution in [2.45, 2.75) is 13.2 Å². The minimum absolute atomic E-state index is 0.500. The molecule has 0 aromatic rings. The van der Waals surface area contributed by atoms with Gasteiger partial charge in [0.25, 0.3) is 0 Å². The molecule has 0 nitrogen and oxygen atoms in total. The molecule has 0 amide bonds. The van der Waals surface area contributed by atoms with Crippen LogP contribution in [0.25, 0.3) is 0 Å². The summed E-state index contributed by atoms with van der Waals surface area (Å²) in [5.41, 5.74) is 0.782. The van der Waals surface area contributed by atoms with Gasteiger partial charge in [-0.3, -0.25) is 0 Å².